The molecular weight excluding hydrogens is 337 g/mol. The van der Waals surface area contributed by atoms with Gasteiger partial charge in [-0.2, -0.15) is 18.3 Å². The molecule has 0 saturated carbocycles. The van der Waals surface area contributed by atoms with Crippen molar-refractivity contribution >= 4 is 11.8 Å². The highest BCUT2D eigenvalue weighted by Gasteiger charge is 2.33. The standard InChI is InChI=1S/C16H15F3N4O2/c17-16(18,19)13-7-9-23(22-13)11-5-3-10(4-6-11)14(24)21-12-2-1-8-20-15(12)25/h3-7,9,12H,1-2,8H2,(H,20,25)(H,21,24). The van der Waals surface area contributed by atoms with Crippen LogP contribution in [0.15, 0.2) is 36.5 Å². The maximum absolute atomic E-state index is 12.6. The van der Waals surface area contributed by atoms with Crippen LogP contribution in [-0.2, 0) is 11.0 Å². The lowest BCUT2D eigenvalue weighted by atomic mass is 10.1. The fourth-order valence-corrected chi connectivity index (χ4v) is 2.54. The Balaban J connectivity index is 1.70. The first kappa shape index (κ1) is 17.0. The van der Waals surface area contributed by atoms with Crippen LogP contribution in [0.4, 0.5) is 13.2 Å². The Morgan fingerprint density at radius 1 is 1.24 bits per heavy atom. The van der Waals surface area contributed by atoms with E-state index in [0.29, 0.717) is 24.2 Å². The van der Waals surface area contributed by atoms with Crippen molar-refractivity contribution in [3.05, 3.63) is 47.8 Å². The third-order valence-corrected chi connectivity index (χ3v) is 3.86. The number of carbonyl (C=O) groups is 2. The van der Waals surface area contributed by atoms with Crippen molar-refractivity contribution in [3.8, 4) is 5.69 Å². The Hall–Kier alpha value is -2.84. The fraction of sp³-hybridized carbons (Fsp3) is 0.312. The van der Waals surface area contributed by atoms with Crippen LogP contribution >= 0.6 is 0 Å². The number of hydrogen-bond donors (Lipinski definition) is 2. The van der Waals surface area contributed by atoms with Crippen LogP contribution in [-0.4, -0.2) is 34.2 Å². The molecule has 1 aliphatic rings. The Morgan fingerprint density at radius 3 is 2.56 bits per heavy atom. The molecule has 1 aliphatic heterocycles. The largest absolute Gasteiger partial charge is 0.435 e. The molecule has 6 nitrogen and oxygen atoms in total. The minimum Gasteiger partial charge on any atom is -0.354 e. The lowest BCUT2D eigenvalue weighted by molar-refractivity contribution is -0.141. The van der Waals surface area contributed by atoms with Crippen molar-refractivity contribution in [3.63, 3.8) is 0 Å². The molecule has 132 valence electrons. The third-order valence-electron chi connectivity index (χ3n) is 3.86. The normalized spacial score (nSPS) is 17.9. The molecule has 1 unspecified atom stereocenters. The highest BCUT2D eigenvalue weighted by Crippen LogP contribution is 2.27. The molecule has 0 spiro atoms. The van der Waals surface area contributed by atoms with Crippen molar-refractivity contribution in [2.24, 2.45) is 0 Å². The second-order valence-corrected chi connectivity index (χ2v) is 5.65. The van der Waals surface area contributed by atoms with Gasteiger partial charge in [0, 0.05) is 18.3 Å². The number of benzene rings is 1. The van der Waals surface area contributed by atoms with Crippen molar-refractivity contribution < 1.29 is 22.8 Å². The fourth-order valence-electron chi connectivity index (χ4n) is 2.54. The molecule has 2 N–H and O–H groups in total. The molecule has 0 radical (unpaired) electrons. The van der Waals surface area contributed by atoms with E-state index >= 15 is 0 Å². The molecule has 1 aromatic carbocycles. The summed E-state index contributed by atoms with van der Waals surface area (Å²) in [6, 6.07) is 6.23. The molecule has 9 heteroatoms. The maximum atomic E-state index is 12.6. The molecule has 1 fully saturated rings. The number of piperidine rings is 1. The van der Waals surface area contributed by atoms with Gasteiger partial charge in [-0.25, -0.2) is 4.68 Å². The molecule has 1 saturated heterocycles. The number of nitrogens with one attached hydrogen (secondary N) is 2. The van der Waals surface area contributed by atoms with E-state index < -0.39 is 23.8 Å². The Morgan fingerprint density at radius 2 is 1.96 bits per heavy atom. The molecular formula is C16H15F3N4O2. The minimum atomic E-state index is -4.51. The zero-order valence-electron chi connectivity index (χ0n) is 13.0. The van der Waals surface area contributed by atoms with Gasteiger partial charge in [-0.1, -0.05) is 0 Å². The van der Waals surface area contributed by atoms with Gasteiger partial charge in [-0.15, -0.1) is 0 Å². The molecule has 1 aromatic heterocycles. The monoisotopic (exact) mass is 352 g/mol. The van der Waals surface area contributed by atoms with Crippen LogP contribution in [0, 0.1) is 0 Å². The number of alkyl halides is 3. The van der Waals surface area contributed by atoms with E-state index in [-0.39, 0.29) is 5.91 Å². The first-order valence-corrected chi connectivity index (χ1v) is 7.66. The second-order valence-electron chi connectivity index (χ2n) is 5.65. The highest BCUT2D eigenvalue weighted by molar-refractivity contribution is 5.97. The molecule has 2 heterocycles. The van der Waals surface area contributed by atoms with Crippen LogP contribution in [0.25, 0.3) is 5.69 Å². The smallest absolute Gasteiger partial charge is 0.354 e. The van der Waals surface area contributed by atoms with E-state index in [9.17, 15) is 22.8 Å². The Kier molecular flexibility index (Phi) is 4.47. The quantitative estimate of drug-likeness (QED) is 0.886. The molecule has 0 aliphatic carbocycles. The molecule has 2 aromatic rings. The second kappa shape index (κ2) is 6.58. The van der Waals surface area contributed by atoms with Crippen molar-refractivity contribution in [1.82, 2.24) is 20.4 Å². The molecule has 25 heavy (non-hydrogen) atoms. The number of rotatable bonds is 3. The van der Waals surface area contributed by atoms with Crippen LogP contribution in [0.2, 0.25) is 0 Å². The average Bonchev–Trinajstić information content (AvgIpc) is 3.07. The number of halogens is 3. The van der Waals surface area contributed by atoms with E-state index in [1.165, 1.54) is 30.5 Å². The summed E-state index contributed by atoms with van der Waals surface area (Å²) in [6.07, 6.45) is -1.95. The summed E-state index contributed by atoms with van der Waals surface area (Å²) in [7, 11) is 0. The van der Waals surface area contributed by atoms with Gasteiger partial charge in [-0.05, 0) is 43.2 Å². The zero-order chi connectivity index (χ0) is 18.0. The topological polar surface area (TPSA) is 76.0 Å². The van der Waals surface area contributed by atoms with Crippen molar-refractivity contribution in [1.29, 1.82) is 0 Å². The number of hydrogen-bond acceptors (Lipinski definition) is 3. The first-order valence-electron chi connectivity index (χ1n) is 7.66. The van der Waals surface area contributed by atoms with Gasteiger partial charge < -0.3 is 10.6 Å². The van der Waals surface area contributed by atoms with E-state index in [1.54, 1.807) is 0 Å². The summed E-state index contributed by atoms with van der Waals surface area (Å²) in [5.41, 5.74) is -0.287. The van der Waals surface area contributed by atoms with Gasteiger partial charge in [-0.3, -0.25) is 9.59 Å². The van der Waals surface area contributed by atoms with Crippen LogP contribution in [0.1, 0.15) is 28.9 Å². The zero-order valence-corrected chi connectivity index (χ0v) is 13.0. The number of amides is 2. The maximum Gasteiger partial charge on any atom is 0.435 e. The Bertz CT molecular complexity index is 783. The predicted octanol–water partition coefficient (Wildman–Crippen LogP) is 1.90. The summed E-state index contributed by atoms with van der Waals surface area (Å²) in [6.45, 7) is 0.601. The summed E-state index contributed by atoms with van der Waals surface area (Å²) in [4.78, 5) is 23.8. The minimum absolute atomic E-state index is 0.215. The number of nitrogens with zero attached hydrogens (tertiary/aromatic N) is 2. The summed E-state index contributed by atoms with van der Waals surface area (Å²) in [5, 5.41) is 8.79. The first-order chi connectivity index (χ1) is 11.8. The van der Waals surface area contributed by atoms with Gasteiger partial charge in [0.1, 0.15) is 6.04 Å². The van der Waals surface area contributed by atoms with Crippen molar-refractivity contribution in [2.75, 3.05) is 6.54 Å². The van der Waals surface area contributed by atoms with Crippen LogP contribution < -0.4 is 10.6 Å². The molecule has 0 bridgehead atoms. The van der Waals surface area contributed by atoms with Gasteiger partial charge >= 0.3 is 6.18 Å². The number of aromatic nitrogens is 2. The summed E-state index contributed by atoms with van der Waals surface area (Å²) >= 11 is 0. The van der Waals surface area contributed by atoms with Gasteiger partial charge in [0.15, 0.2) is 5.69 Å². The average molecular weight is 352 g/mol. The Labute approximate surface area is 141 Å². The van der Waals surface area contributed by atoms with E-state index in [1.807, 2.05) is 0 Å². The van der Waals surface area contributed by atoms with E-state index in [2.05, 4.69) is 15.7 Å². The number of carbonyl (C=O) groups excluding carboxylic acids is 2. The molecule has 2 amide bonds. The lowest BCUT2D eigenvalue weighted by Crippen LogP contribution is -2.50. The highest BCUT2D eigenvalue weighted by atomic mass is 19.4. The van der Waals surface area contributed by atoms with Gasteiger partial charge in [0.25, 0.3) is 5.91 Å². The van der Waals surface area contributed by atoms with E-state index in [0.717, 1.165) is 17.2 Å². The third kappa shape index (κ3) is 3.81. The van der Waals surface area contributed by atoms with Gasteiger partial charge in [0.05, 0.1) is 5.69 Å². The van der Waals surface area contributed by atoms with Crippen molar-refractivity contribution in [2.45, 2.75) is 25.1 Å². The van der Waals surface area contributed by atoms with Crippen LogP contribution in [0.3, 0.4) is 0 Å². The lowest BCUT2D eigenvalue weighted by Gasteiger charge is -2.22. The summed E-state index contributed by atoms with van der Waals surface area (Å²) < 4.78 is 38.8. The molecule has 3 rings (SSSR count). The van der Waals surface area contributed by atoms with Gasteiger partial charge in [0.2, 0.25) is 5.91 Å². The van der Waals surface area contributed by atoms with E-state index in [4.69, 9.17) is 0 Å². The summed E-state index contributed by atoms with van der Waals surface area (Å²) in [5.74, 6) is -0.627. The van der Waals surface area contributed by atoms with Crippen LogP contribution in [0.5, 0.6) is 0 Å². The predicted molar refractivity (Wildman–Crippen MR) is 82.1 cm³/mol. The SMILES string of the molecule is O=C(NC1CCCNC1=O)c1ccc(-n2ccc(C(F)(F)F)n2)cc1. The molecule has 1 atom stereocenters.